The van der Waals surface area contributed by atoms with E-state index in [-0.39, 0.29) is 18.6 Å². The highest BCUT2D eigenvalue weighted by molar-refractivity contribution is 5.75. The van der Waals surface area contributed by atoms with Gasteiger partial charge < -0.3 is 14.2 Å². The van der Waals surface area contributed by atoms with Gasteiger partial charge in [0, 0.05) is 38.0 Å². The van der Waals surface area contributed by atoms with Gasteiger partial charge in [0.25, 0.3) is 0 Å². The molecule has 0 atom stereocenters. The van der Waals surface area contributed by atoms with Crippen LogP contribution in [0.4, 0.5) is 0 Å². The van der Waals surface area contributed by atoms with Gasteiger partial charge in [-0.2, -0.15) is 0 Å². The van der Waals surface area contributed by atoms with E-state index in [1.807, 2.05) is 12.3 Å². The van der Waals surface area contributed by atoms with Crippen molar-refractivity contribution in [2.75, 3.05) is 14.1 Å². The molecule has 6 heteroatoms. The number of pyridine rings is 1. The lowest BCUT2D eigenvalue weighted by Gasteiger charge is -2.10. The van der Waals surface area contributed by atoms with E-state index >= 15 is 0 Å². The Morgan fingerprint density at radius 3 is 2.81 bits per heavy atom. The molecule has 0 N–H and O–H groups in total. The Kier molecular flexibility index (Phi) is 4.37. The topological polar surface area (TPSA) is 60.2 Å². The zero-order chi connectivity index (χ0) is 18.1. The number of hydrogen-bond donors (Lipinski definition) is 0. The van der Waals surface area contributed by atoms with Crippen molar-refractivity contribution in [3.63, 3.8) is 0 Å². The minimum absolute atomic E-state index is 0.0158. The first-order valence-corrected chi connectivity index (χ1v) is 8.99. The highest BCUT2D eigenvalue weighted by atomic mass is 16.5. The Morgan fingerprint density at radius 2 is 2.12 bits per heavy atom. The number of likely N-dealkylation sites (N-methyl/N-ethyl adjacent to an activating group) is 1. The average Bonchev–Trinajstić information content (AvgIpc) is 3.54. The number of amides is 1. The van der Waals surface area contributed by atoms with E-state index in [2.05, 4.69) is 21.8 Å². The van der Waals surface area contributed by atoms with E-state index in [0.717, 1.165) is 24.2 Å². The van der Waals surface area contributed by atoms with Crippen LogP contribution in [0.1, 0.15) is 31.2 Å². The summed E-state index contributed by atoms with van der Waals surface area (Å²) in [6.45, 7) is 0.254. The second kappa shape index (κ2) is 6.83. The summed E-state index contributed by atoms with van der Waals surface area (Å²) in [6.07, 6.45) is 10.1. The number of rotatable bonds is 5. The Labute approximate surface area is 153 Å². The van der Waals surface area contributed by atoms with Gasteiger partial charge in [0.1, 0.15) is 23.7 Å². The molecule has 2 fully saturated rings. The minimum atomic E-state index is 0.0158. The van der Waals surface area contributed by atoms with E-state index in [0.29, 0.717) is 17.3 Å². The summed E-state index contributed by atoms with van der Waals surface area (Å²) in [5.74, 6) is 7.74. The lowest BCUT2D eigenvalue weighted by molar-refractivity contribution is -0.129. The van der Waals surface area contributed by atoms with E-state index in [1.165, 1.54) is 12.8 Å². The van der Waals surface area contributed by atoms with Gasteiger partial charge in [-0.1, -0.05) is 11.8 Å². The van der Waals surface area contributed by atoms with Gasteiger partial charge in [-0.05, 0) is 31.7 Å². The zero-order valence-electron chi connectivity index (χ0n) is 15.1. The standard InChI is InChI=1S/C20H22N4O2/c1-23(2)19(25)12-24-11-17(22-13-24)20-18(26-16-7-8-16)9-15(10-21-20)6-5-14-3-4-14/h9-11,13-14,16H,3-4,7-8,12H2,1-2H3. The summed E-state index contributed by atoms with van der Waals surface area (Å²) < 4.78 is 7.81. The Hall–Kier alpha value is -2.81. The van der Waals surface area contributed by atoms with Crippen LogP contribution in [-0.4, -0.2) is 45.5 Å². The van der Waals surface area contributed by atoms with Crippen molar-refractivity contribution < 1.29 is 9.53 Å². The lowest BCUT2D eigenvalue weighted by atomic mass is 10.2. The minimum Gasteiger partial charge on any atom is -0.488 e. The SMILES string of the molecule is CN(C)C(=O)Cn1cnc(-c2ncc(C#CC3CC3)cc2OC2CC2)c1. The van der Waals surface area contributed by atoms with E-state index in [4.69, 9.17) is 4.74 Å². The van der Waals surface area contributed by atoms with Crippen molar-refractivity contribution in [1.82, 2.24) is 19.4 Å². The van der Waals surface area contributed by atoms with Crippen molar-refractivity contribution in [3.05, 3.63) is 30.4 Å². The summed E-state index contributed by atoms with van der Waals surface area (Å²) in [7, 11) is 3.48. The van der Waals surface area contributed by atoms with Gasteiger partial charge in [-0.15, -0.1) is 0 Å². The highest BCUT2D eigenvalue weighted by Gasteiger charge is 2.26. The van der Waals surface area contributed by atoms with Crippen molar-refractivity contribution in [1.29, 1.82) is 0 Å². The molecule has 0 bridgehead atoms. The third-order valence-corrected chi connectivity index (χ3v) is 4.36. The van der Waals surface area contributed by atoms with Gasteiger partial charge in [0.05, 0.1) is 12.4 Å². The van der Waals surface area contributed by atoms with Gasteiger partial charge in [0.15, 0.2) is 0 Å². The predicted octanol–water partition coefficient (Wildman–Crippen LogP) is 2.34. The maximum absolute atomic E-state index is 11.9. The summed E-state index contributed by atoms with van der Waals surface area (Å²) in [5.41, 5.74) is 2.28. The molecule has 2 aliphatic carbocycles. The van der Waals surface area contributed by atoms with E-state index in [9.17, 15) is 4.79 Å². The highest BCUT2D eigenvalue weighted by Crippen LogP contribution is 2.33. The molecule has 0 unspecified atom stereocenters. The number of carbonyl (C=O) groups is 1. The molecule has 0 aromatic carbocycles. The molecule has 2 aromatic heterocycles. The molecule has 0 spiro atoms. The first-order chi connectivity index (χ1) is 12.6. The maximum atomic E-state index is 11.9. The fourth-order valence-corrected chi connectivity index (χ4v) is 2.44. The Balaban J connectivity index is 1.59. The van der Waals surface area contributed by atoms with E-state index in [1.54, 1.807) is 36.1 Å². The molecule has 26 heavy (non-hydrogen) atoms. The fourth-order valence-electron chi connectivity index (χ4n) is 2.44. The molecule has 0 radical (unpaired) electrons. The normalized spacial score (nSPS) is 15.9. The van der Waals surface area contributed by atoms with Crippen LogP contribution in [0.15, 0.2) is 24.8 Å². The molecule has 4 rings (SSSR count). The second-order valence-electron chi connectivity index (χ2n) is 7.15. The number of carbonyl (C=O) groups excluding carboxylic acids is 1. The third-order valence-electron chi connectivity index (χ3n) is 4.36. The summed E-state index contributed by atoms with van der Waals surface area (Å²) in [4.78, 5) is 22.4. The van der Waals surface area contributed by atoms with Crippen LogP contribution >= 0.6 is 0 Å². The van der Waals surface area contributed by atoms with Gasteiger partial charge in [0.2, 0.25) is 5.91 Å². The molecule has 0 aliphatic heterocycles. The number of imidazole rings is 1. The van der Waals surface area contributed by atoms with Crippen molar-refractivity contribution >= 4 is 5.91 Å². The molecule has 134 valence electrons. The summed E-state index contributed by atoms with van der Waals surface area (Å²) in [5, 5.41) is 0. The molecule has 2 saturated carbocycles. The first kappa shape index (κ1) is 16.6. The van der Waals surface area contributed by atoms with Gasteiger partial charge in [-0.25, -0.2) is 9.97 Å². The van der Waals surface area contributed by atoms with Crippen LogP contribution in [0.2, 0.25) is 0 Å². The first-order valence-electron chi connectivity index (χ1n) is 8.99. The monoisotopic (exact) mass is 350 g/mol. The van der Waals surface area contributed by atoms with Gasteiger partial charge in [-0.3, -0.25) is 4.79 Å². The lowest BCUT2D eigenvalue weighted by Crippen LogP contribution is -2.25. The van der Waals surface area contributed by atoms with Crippen LogP contribution in [0.25, 0.3) is 11.4 Å². The average molecular weight is 350 g/mol. The molecule has 1 amide bonds. The summed E-state index contributed by atoms with van der Waals surface area (Å²) in [6, 6.07) is 1.96. The maximum Gasteiger partial charge on any atom is 0.242 e. The predicted molar refractivity (Wildman–Crippen MR) is 97.4 cm³/mol. The van der Waals surface area contributed by atoms with Crippen LogP contribution in [-0.2, 0) is 11.3 Å². The number of nitrogens with zero attached hydrogens (tertiary/aromatic N) is 4. The Morgan fingerprint density at radius 1 is 1.31 bits per heavy atom. The Bertz CT molecular complexity index is 883. The van der Waals surface area contributed by atoms with Gasteiger partial charge >= 0.3 is 0 Å². The largest absolute Gasteiger partial charge is 0.488 e. The summed E-state index contributed by atoms with van der Waals surface area (Å²) >= 11 is 0. The van der Waals surface area contributed by atoms with Crippen LogP contribution in [0.3, 0.4) is 0 Å². The third kappa shape index (κ3) is 4.05. The van der Waals surface area contributed by atoms with Crippen LogP contribution < -0.4 is 4.74 Å². The second-order valence-corrected chi connectivity index (χ2v) is 7.15. The molecular formula is C20H22N4O2. The number of hydrogen-bond acceptors (Lipinski definition) is 4. The van der Waals surface area contributed by atoms with Crippen molar-refractivity contribution in [3.8, 4) is 29.0 Å². The fraction of sp³-hybridized carbons (Fsp3) is 0.450. The van der Waals surface area contributed by atoms with E-state index < -0.39 is 0 Å². The van der Waals surface area contributed by atoms with Crippen molar-refractivity contribution in [2.45, 2.75) is 38.3 Å². The molecular weight excluding hydrogens is 328 g/mol. The number of aromatic nitrogens is 3. The molecule has 2 heterocycles. The molecule has 2 aromatic rings. The smallest absolute Gasteiger partial charge is 0.242 e. The number of ether oxygens (including phenoxy) is 1. The van der Waals surface area contributed by atoms with Crippen LogP contribution in [0.5, 0.6) is 5.75 Å². The zero-order valence-corrected chi connectivity index (χ0v) is 15.1. The molecule has 6 nitrogen and oxygen atoms in total. The molecule has 0 saturated heterocycles. The van der Waals surface area contributed by atoms with Crippen molar-refractivity contribution in [2.24, 2.45) is 5.92 Å². The van der Waals surface area contributed by atoms with Crippen LogP contribution in [0, 0.1) is 17.8 Å². The molecule has 2 aliphatic rings. The quantitative estimate of drug-likeness (QED) is 0.777.